The number of fused-ring (bicyclic) bond motifs is 2. The summed E-state index contributed by atoms with van der Waals surface area (Å²) < 4.78 is 11.5. The molecule has 2 heterocycles. The van der Waals surface area contributed by atoms with E-state index in [2.05, 4.69) is 43.0 Å². The fourth-order valence-electron chi connectivity index (χ4n) is 3.23. The molecule has 0 radical (unpaired) electrons. The largest absolute Gasteiger partial charge is 0.363 e. The zero-order valence-electron chi connectivity index (χ0n) is 10.9. The van der Waals surface area contributed by atoms with Crippen molar-refractivity contribution in [3.8, 4) is 0 Å². The Balaban J connectivity index is 1.62. The van der Waals surface area contributed by atoms with Crippen LogP contribution in [-0.4, -0.2) is 28.8 Å². The third kappa shape index (κ3) is 1.53. The summed E-state index contributed by atoms with van der Waals surface area (Å²) in [6.45, 7) is 11.8. The van der Waals surface area contributed by atoms with Crippen LogP contribution >= 0.6 is 11.8 Å². The molecule has 0 aromatic heterocycles. The van der Waals surface area contributed by atoms with Gasteiger partial charge in [0.25, 0.3) is 0 Å². The Morgan fingerprint density at radius 1 is 1.32 bits per heavy atom. The number of ether oxygens (including phenoxy) is 2. The topological polar surface area (TPSA) is 29.4 Å². The van der Waals surface area contributed by atoms with Crippen LogP contribution < -0.4 is 0 Å². The Labute approximate surface area is 117 Å². The average Bonchev–Trinajstić information content (AvgIpc) is 3.28. The highest BCUT2D eigenvalue weighted by molar-refractivity contribution is 8.01. The second-order valence-electron chi connectivity index (χ2n) is 5.74. The van der Waals surface area contributed by atoms with Crippen molar-refractivity contribution >= 4 is 11.8 Å². The minimum absolute atomic E-state index is 0.0428. The molecule has 3 nitrogen and oxygen atoms in total. The third-order valence-corrected chi connectivity index (χ3v) is 5.81. The third-order valence-electron chi connectivity index (χ3n) is 4.48. The molecule has 1 saturated carbocycles. The van der Waals surface area contributed by atoms with E-state index in [0.717, 1.165) is 11.3 Å². The van der Waals surface area contributed by atoms with Gasteiger partial charge in [0.1, 0.15) is 11.7 Å². The Morgan fingerprint density at radius 2 is 2.00 bits per heavy atom. The highest BCUT2D eigenvalue weighted by Crippen LogP contribution is 2.67. The molecule has 0 unspecified atom stereocenters. The van der Waals surface area contributed by atoms with E-state index in [9.17, 15) is 0 Å². The molecule has 1 aliphatic carbocycles. The Morgan fingerprint density at radius 3 is 2.53 bits per heavy atom. The number of aryl methyl sites for hydroxylation is 1. The van der Waals surface area contributed by atoms with Crippen molar-refractivity contribution in [2.75, 3.05) is 0 Å². The molecule has 1 aromatic carbocycles. The normalized spacial score (nSPS) is 45.8. The van der Waals surface area contributed by atoms with Crippen molar-refractivity contribution in [2.24, 2.45) is 0 Å². The fourth-order valence-corrected chi connectivity index (χ4v) is 4.55. The molecule has 0 N–H and O–H groups in total. The number of epoxide rings is 2. The lowest BCUT2D eigenvalue weighted by Gasteiger charge is -2.17. The maximum absolute atomic E-state index is 7.64. The minimum Gasteiger partial charge on any atom is -0.363 e. The first kappa shape index (κ1) is 11.8. The Kier molecular flexibility index (Phi) is 2.20. The monoisotopic (exact) mass is 273 g/mol. The van der Waals surface area contributed by atoms with Crippen LogP contribution in [0, 0.1) is 13.5 Å². The number of hydrogen-bond donors (Lipinski definition) is 0. The summed E-state index contributed by atoms with van der Waals surface area (Å²) in [4.78, 5) is 4.58. The SMILES string of the molecule is [C-]#[N+][C@]1(Sc2ccc(C)cc2)C[C@]2(O[C@@H]2C)[C@@H]2O[C@@H]21. The summed E-state index contributed by atoms with van der Waals surface area (Å²) in [6, 6.07) is 8.36. The van der Waals surface area contributed by atoms with Crippen LogP contribution in [0.3, 0.4) is 0 Å². The van der Waals surface area contributed by atoms with Gasteiger partial charge in [-0.05, 0) is 37.7 Å². The predicted octanol–water partition coefficient (Wildman–Crippen LogP) is 3.03. The standard InChI is InChI=1S/C15H15NO2S/c1-9-4-6-11(7-5-9)19-15(16-3)8-14(10(2)18-14)12-13(15)17-12/h4-7,10,12-13H,8H2,1-2H3/t10-,12-,13+,14-,15+/m1/s1. The van der Waals surface area contributed by atoms with Crippen molar-refractivity contribution in [3.05, 3.63) is 41.2 Å². The molecule has 1 spiro atoms. The average molecular weight is 273 g/mol. The first-order chi connectivity index (χ1) is 9.09. The molecule has 19 heavy (non-hydrogen) atoms. The van der Waals surface area contributed by atoms with Gasteiger partial charge in [0.2, 0.25) is 0 Å². The van der Waals surface area contributed by atoms with Crippen LogP contribution in [0.15, 0.2) is 29.2 Å². The van der Waals surface area contributed by atoms with Crippen LogP contribution in [-0.2, 0) is 9.47 Å². The predicted molar refractivity (Wildman–Crippen MR) is 72.9 cm³/mol. The molecule has 3 fully saturated rings. The molecule has 5 atom stereocenters. The fraction of sp³-hybridized carbons (Fsp3) is 0.533. The van der Waals surface area contributed by atoms with Crippen LogP contribution in [0.5, 0.6) is 0 Å². The van der Waals surface area contributed by atoms with Gasteiger partial charge in [-0.1, -0.05) is 17.7 Å². The molecular weight excluding hydrogens is 258 g/mol. The molecule has 0 bridgehead atoms. The molecular formula is C15H15NO2S. The summed E-state index contributed by atoms with van der Waals surface area (Å²) in [5, 5.41) is 0. The lowest BCUT2D eigenvalue weighted by atomic mass is 10.0. The zero-order valence-corrected chi connectivity index (χ0v) is 11.7. The quantitative estimate of drug-likeness (QED) is 0.612. The molecule has 2 saturated heterocycles. The first-order valence-electron chi connectivity index (χ1n) is 6.57. The number of nitrogens with zero attached hydrogens (tertiary/aromatic N) is 1. The molecule has 3 aliphatic rings. The van der Waals surface area contributed by atoms with Crippen LogP contribution in [0.1, 0.15) is 18.9 Å². The van der Waals surface area contributed by atoms with Crippen LogP contribution in [0.2, 0.25) is 0 Å². The van der Waals surface area contributed by atoms with E-state index in [1.54, 1.807) is 11.8 Å². The van der Waals surface area contributed by atoms with Crippen molar-refractivity contribution in [3.63, 3.8) is 0 Å². The van der Waals surface area contributed by atoms with E-state index < -0.39 is 4.87 Å². The van der Waals surface area contributed by atoms with E-state index in [1.807, 2.05) is 0 Å². The Bertz CT molecular complexity index is 581. The van der Waals surface area contributed by atoms with E-state index >= 15 is 0 Å². The second kappa shape index (κ2) is 3.54. The van der Waals surface area contributed by atoms with Gasteiger partial charge in [0, 0.05) is 4.90 Å². The van der Waals surface area contributed by atoms with Gasteiger partial charge in [-0.3, -0.25) is 4.85 Å². The maximum atomic E-state index is 7.64. The van der Waals surface area contributed by atoms with Gasteiger partial charge in [-0.25, -0.2) is 6.57 Å². The smallest absolute Gasteiger partial charge is 0.313 e. The summed E-state index contributed by atoms with van der Waals surface area (Å²) in [5.41, 5.74) is 1.08. The lowest BCUT2D eigenvalue weighted by molar-refractivity contribution is 0.193. The van der Waals surface area contributed by atoms with E-state index in [0.29, 0.717) is 0 Å². The maximum Gasteiger partial charge on any atom is 0.313 e. The molecule has 2 aliphatic heterocycles. The minimum atomic E-state index is -0.495. The number of rotatable bonds is 2. The van der Waals surface area contributed by atoms with Crippen molar-refractivity contribution in [1.29, 1.82) is 0 Å². The van der Waals surface area contributed by atoms with Crippen LogP contribution in [0.4, 0.5) is 0 Å². The van der Waals surface area contributed by atoms with Gasteiger partial charge in [0.15, 0.2) is 6.10 Å². The van der Waals surface area contributed by atoms with E-state index in [1.165, 1.54) is 5.56 Å². The number of benzene rings is 1. The number of hydrogen-bond acceptors (Lipinski definition) is 3. The summed E-state index contributed by atoms with van der Waals surface area (Å²) >= 11 is 1.64. The highest BCUT2D eigenvalue weighted by atomic mass is 32.2. The van der Waals surface area contributed by atoms with Gasteiger partial charge < -0.3 is 9.47 Å². The number of thioether (sulfide) groups is 1. The second-order valence-corrected chi connectivity index (χ2v) is 7.12. The van der Waals surface area contributed by atoms with Crippen molar-refractivity contribution < 1.29 is 9.47 Å². The Hall–Kier alpha value is -1.02. The highest BCUT2D eigenvalue weighted by Gasteiger charge is 2.84. The van der Waals surface area contributed by atoms with Gasteiger partial charge in [-0.15, -0.1) is 0 Å². The summed E-state index contributed by atoms with van der Waals surface area (Å²) in [7, 11) is 0. The van der Waals surface area contributed by atoms with Gasteiger partial charge >= 0.3 is 4.87 Å². The van der Waals surface area contributed by atoms with Crippen LogP contribution in [0.25, 0.3) is 4.85 Å². The van der Waals surface area contributed by atoms with Gasteiger partial charge in [-0.2, -0.15) is 0 Å². The van der Waals surface area contributed by atoms with Gasteiger partial charge in [0.05, 0.1) is 12.5 Å². The molecule has 1 aromatic rings. The van der Waals surface area contributed by atoms with E-state index in [-0.39, 0.29) is 23.9 Å². The summed E-state index contributed by atoms with van der Waals surface area (Å²) in [5.74, 6) is 0. The molecule has 98 valence electrons. The molecule has 4 heteroatoms. The van der Waals surface area contributed by atoms with Crippen molar-refractivity contribution in [2.45, 2.75) is 53.9 Å². The molecule has 4 rings (SSSR count). The zero-order chi connectivity index (χ0) is 13.3. The summed E-state index contributed by atoms with van der Waals surface area (Å²) in [6.07, 6.45) is 1.22. The van der Waals surface area contributed by atoms with Crippen molar-refractivity contribution in [1.82, 2.24) is 0 Å². The molecule has 0 amide bonds. The lowest BCUT2D eigenvalue weighted by Crippen LogP contribution is -2.27. The first-order valence-corrected chi connectivity index (χ1v) is 7.39. The van der Waals surface area contributed by atoms with E-state index in [4.69, 9.17) is 16.0 Å².